The predicted molar refractivity (Wildman–Crippen MR) is 66.5 cm³/mol. The monoisotopic (exact) mass is 241 g/mol. The molecule has 2 atom stereocenters. The maximum Gasteiger partial charge on any atom is 0.322 e. The highest BCUT2D eigenvalue weighted by Gasteiger charge is 2.22. The highest BCUT2D eigenvalue weighted by molar-refractivity contribution is 7.10. The molecule has 90 valence electrons. The van der Waals surface area contributed by atoms with Crippen molar-refractivity contribution in [3.05, 3.63) is 22.4 Å². The van der Waals surface area contributed by atoms with E-state index in [1.54, 1.807) is 11.3 Å². The van der Waals surface area contributed by atoms with Crippen molar-refractivity contribution < 1.29 is 9.53 Å². The second kappa shape index (κ2) is 6.01. The molecule has 0 fully saturated rings. The number of hydrogen-bond acceptors (Lipinski definition) is 4. The number of rotatable bonds is 5. The summed E-state index contributed by atoms with van der Waals surface area (Å²) in [4.78, 5) is 12.6. The molecule has 1 aromatic rings. The summed E-state index contributed by atoms with van der Waals surface area (Å²) >= 11 is 1.71. The Bertz CT molecular complexity index is 322. The summed E-state index contributed by atoms with van der Waals surface area (Å²) < 4.78 is 4.71. The molecule has 16 heavy (non-hydrogen) atoms. The number of ether oxygens (including phenoxy) is 1. The first kappa shape index (κ1) is 13.2. The zero-order valence-corrected chi connectivity index (χ0v) is 11.0. The van der Waals surface area contributed by atoms with Crippen LogP contribution in [0.25, 0.3) is 0 Å². The molecule has 0 radical (unpaired) electrons. The summed E-state index contributed by atoms with van der Waals surface area (Å²) in [6, 6.07) is 4.04. The fraction of sp³-hybridized carbons (Fsp3) is 0.583. The van der Waals surface area contributed by atoms with Crippen molar-refractivity contribution in [2.45, 2.75) is 32.9 Å². The Balaban J connectivity index is 2.70. The first-order valence-electron chi connectivity index (χ1n) is 5.43. The van der Waals surface area contributed by atoms with E-state index in [9.17, 15) is 4.79 Å². The van der Waals surface area contributed by atoms with E-state index in [-0.39, 0.29) is 18.1 Å². The Kier molecular flexibility index (Phi) is 4.96. The molecule has 0 spiro atoms. The molecule has 1 rings (SSSR count). The van der Waals surface area contributed by atoms with Crippen molar-refractivity contribution in [2.24, 2.45) is 5.92 Å². The van der Waals surface area contributed by atoms with Crippen LogP contribution in [0.3, 0.4) is 0 Å². The Morgan fingerprint density at radius 1 is 1.44 bits per heavy atom. The molecule has 1 heterocycles. The summed E-state index contributed by atoms with van der Waals surface area (Å²) in [5, 5.41) is 5.36. The van der Waals surface area contributed by atoms with E-state index in [1.165, 1.54) is 12.0 Å². The smallest absolute Gasteiger partial charge is 0.322 e. The number of hydrogen-bond donors (Lipinski definition) is 1. The van der Waals surface area contributed by atoms with E-state index < -0.39 is 0 Å². The molecule has 0 saturated carbocycles. The molecule has 4 heteroatoms. The van der Waals surface area contributed by atoms with Gasteiger partial charge >= 0.3 is 5.97 Å². The van der Waals surface area contributed by atoms with Crippen LogP contribution < -0.4 is 5.32 Å². The van der Waals surface area contributed by atoms with Crippen LogP contribution in [-0.2, 0) is 9.53 Å². The molecule has 0 saturated heterocycles. The van der Waals surface area contributed by atoms with Crippen LogP contribution in [-0.4, -0.2) is 19.1 Å². The maximum atomic E-state index is 11.4. The number of carbonyl (C=O) groups is 1. The number of nitrogens with one attached hydrogen (secondary N) is 1. The lowest BCUT2D eigenvalue weighted by Gasteiger charge is -2.24. The van der Waals surface area contributed by atoms with Crippen LogP contribution >= 0.6 is 11.3 Å². The van der Waals surface area contributed by atoms with E-state index in [2.05, 4.69) is 30.6 Å². The third-order valence-electron chi connectivity index (χ3n) is 2.50. The SMILES string of the molecule is COC(=O)C(C)NC(c1cccs1)C(C)C. The Labute approximate surface area is 101 Å². The van der Waals surface area contributed by atoms with Crippen LogP contribution in [0.1, 0.15) is 31.7 Å². The largest absolute Gasteiger partial charge is 0.468 e. The highest BCUT2D eigenvalue weighted by Crippen LogP contribution is 2.26. The van der Waals surface area contributed by atoms with Crippen LogP contribution in [0.15, 0.2) is 17.5 Å². The van der Waals surface area contributed by atoms with Gasteiger partial charge in [0.1, 0.15) is 6.04 Å². The Morgan fingerprint density at radius 3 is 2.56 bits per heavy atom. The van der Waals surface area contributed by atoms with Gasteiger partial charge in [-0.3, -0.25) is 10.1 Å². The molecule has 0 aliphatic heterocycles. The summed E-state index contributed by atoms with van der Waals surface area (Å²) in [6.45, 7) is 6.11. The zero-order valence-electron chi connectivity index (χ0n) is 10.2. The Morgan fingerprint density at radius 2 is 2.12 bits per heavy atom. The van der Waals surface area contributed by atoms with Crippen molar-refractivity contribution in [2.75, 3.05) is 7.11 Å². The molecule has 3 nitrogen and oxygen atoms in total. The minimum atomic E-state index is -0.278. The average molecular weight is 241 g/mol. The fourth-order valence-electron chi connectivity index (χ4n) is 1.59. The minimum Gasteiger partial charge on any atom is -0.468 e. The van der Waals surface area contributed by atoms with E-state index >= 15 is 0 Å². The molecule has 0 amide bonds. The first-order chi connectivity index (χ1) is 7.56. The van der Waals surface area contributed by atoms with E-state index in [0.29, 0.717) is 5.92 Å². The standard InChI is InChI=1S/C12H19NO2S/c1-8(2)11(10-6-5-7-16-10)13-9(3)12(14)15-4/h5-9,11,13H,1-4H3. The highest BCUT2D eigenvalue weighted by atomic mass is 32.1. The van der Waals surface area contributed by atoms with Gasteiger partial charge in [0, 0.05) is 10.9 Å². The lowest BCUT2D eigenvalue weighted by atomic mass is 10.0. The van der Waals surface area contributed by atoms with Gasteiger partial charge in [0.25, 0.3) is 0 Å². The van der Waals surface area contributed by atoms with Gasteiger partial charge in [-0.15, -0.1) is 11.3 Å². The van der Waals surface area contributed by atoms with Crippen molar-refractivity contribution in [3.8, 4) is 0 Å². The number of esters is 1. The zero-order chi connectivity index (χ0) is 12.1. The van der Waals surface area contributed by atoms with Gasteiger partial charge in [0.15, 0.2) is 0 Å². The van der Waals surface area contributed by atoms with Gasteiger partial charge < -0.3 is 4.74 Å². The quantitative estimate of drug-likeness (QED) is 0.805. The van der Waals surface area contributed by atoms with Crippen molar-refractivity contribution in [3.63, 3.8) is 0 Å². The first-order valence-corrected chi connectivity index (χ1v) is 6.31. The van der Waals surface area contributed by atoms with Crippen molar-refractivity contribution >= 4 is 17.3 Å². The fourth-order valence-corrected chi connectivity index (χ4v) is 2.54. The van der Waals surface area contributed by atoms with Crippen LogP contribution in [0, 0.1) is 5.92 Å². The van der Waals surface area contributed by atoms with Gasteiger partial charge in [0.05, 0.1) is 7.11 Å². The Hall–Kier alpha value is -0.870. The van der Waals surface area contributed by atoms with Gasteiger partial charge in [-0.1, -0.05) is 19.9 Å². The number of carbonyl (C=O) groups excluding carboxylic acids is 1. The number of methoxy groups -OCH3 is 1. The normalized spacial score (nSPS) is 14.8. The maximum absolute atomic E-state index is 11.4. The summed E-state index contributed by atoms with van der Waals surface area (Å²) in [6.07, 6.45) is 0. The third kappa shape index (κ3) is 3.32. The van der Waals surface area contributed by atoms with E-state index in [4.69, 9.17) is 4.74 Å². The second-order valence-electron chi connectivity index (χ2n) is 4.15. The van der Waals surface area contributed by atoms with Crippen LogP contribution in [0.5, 0.6) is 0 Å². The van der Waals surface area contributed by atoms with Gasteiger partial charge in [-0.25, -0.2) is 0 Å². The van der Waals surface area contributed by atoms with E-state index in [1.807, 2.05) is 13.0 Å². The van der Waals surface area contributed by atoms with Gasteiger partial charge in [0.2, 0.25) is 0 Å². The minimum absolute atomic E-state index is 0.203. The lowest BCUT2D eigenvalue weighted by molar-refractivity contribution is -0.142. The van der Waals surface area contributed by atoms with Crippen LogP contribution in [0.4, 0.5) is 0 Å². The molecular formula is C12H19NO2S. The van der Waals surface area contributed by atoms with E-state index in [0.717, 1.165) is 0 Å². The molecular weight excluding hydrogens is 222 g/mol. The molecule has 1 N–H and O–H groups in total. The summed E-state index contributed by atoms with van der Waals surface area (Å²) in [5.41, 5.74) is 0. The summed E-state index contributed by atoms with van der Waals surface area (Å²) in [5.74, 6) is 0.216. The molecule has 0 aromatic carbocycles. The van der Waals surface area contributed by atoms with Crippen molar-refractivity contribution in [1.82, 2.24) is 5.32 Å². The third-order valence-corrected chi connectivity index (χ3v) is 3.46. The molecule has 0 aliphatic rings. The molecule has 0 aliphatic carbocycles. The van der Waals surface area contributed by atoms with Gasteiger partial charge in [-0.2, -0.15) is 0 Å². The van der Waals surface area contributed by atoms with Gasteiger partial charge in [-0.05, 0) is 24.3 Å². The topological polar surface area (TPSA) is 38.3 Å². The predicted octanol–water partition coefficient (Wildman–Crippen LogP) is 2.60. The average Bonchev–Trinajstić information content (AvgIpc) is 2.76. The lowest BCUT2D eigenvalue weighted by Crippen LogP contribution is -2.39. The summed E-state index contributed by atoms with van der Waals surface area (Å²) in [7, 11) is 1.41. The number of thiophene rings is 1. The van der Waals surface area contributed by atoms with Crippen molar-refractivity contribution in [1.29, 1.82) is 0 Å². The van der Waals surface area contributed by atoms with Crippen LogP contribution in [0.2, 0.25) is 0 Å². The molecule has 2 unspecified atom stereocenters. The molecule has 0 bridgehead atoms. The second-order valence-corrected chi connectivity index (χ2v) is 5.13. The molecule has 1 aromatic heterocycles.